The fourth-order valence-electron chi connectivity index (χ4n) is 1.51. The molecule has 5 nitrogen and oxygen atoms in total. The van der Waals surface area contributed by atoms with Gasteiger partial charge in [-0.05, 0) is 24.6 Å². The second-order valence-electron chi connectivity index (χ2n) is 3.76. The lowest BCUT2D eigenvalue weighted by Gasteiger charge is -2.18. The van der Waals surface area contributed by atoms with E-state index in [2.05, 4.69) is 20.7 Å². The van der Waals surface area contributed by atoms with Crippen molar-refractivity contribution in [3.63, 3.8) is 0 Å². The summed E-state index contributed by atoms with van der Waals surface area (Å²) in [6.45, 7) is 0. The molecule has 0 bridgehead atoms. The number of phenols is 1. The summed E-state index contributed by atoms with van der Waals surface area (Å²) in [5.74, 6) is -0.748. The number of hydrogen-bond donors (Lipinski definition) is 3. The molecule has 3 N–H and O–H groups in total. The minimum atomic E-state index is -1.26. The van der Waals surface area contributed by atoms with Gasteiger partial charge in [0.05, 0.1) is 18.8 Å². The molecule has 0 spiro atoms. The zero-order chi connectivity index (χ0) is 13.7. The first-order valence-electron chi connectivity index (χ1n) is 5.34. The average Bonchev–Trinajstić information content (AvgIpc) is 2.37. The molecule has 0 aromatic heterocycles. The average molecular weight is 319 g/mol. The fourth-order valence-corrected chi connectivity index (χ4v) is 1.98. The van der Waals surface area contributed by atoms with Crippen molar-refractivity contribution in [3.8, 4) is 5.75 Å². The molecular formula is C12H15BrO5. The van der Waals surface area contributed by atoms with E-state index in [-0.39, 0.29) is 16.9 Å². The number of aliphatic hydroxyl groups excluding tert-OH is 2. The van der Waals surface area contributed by atoms with Gasteiger partial charge in [-0.25, -0.2) is 4.79 Å². The summed E-state index contributed by atoms with van der Waals surface area (Å²) in [4.78, 5) is 11.3. The van der Waals surface area contributed by atoms with Crippen LogP contribution in [0.25, 0.3) is 0 Å². The highest BCUT2D eigenvalue weighted by Crippen LogP contribution is 2.29. The summed E-state index contributed by atoms with van der Waals surface area (Å²) in [5.41, 5.74) is 0.307. The minimum Gasteiger partial charge on any atom is -0.508 e. The number of halogens is 1. The van der Waals surface area contributed by atoms with E-state index >= 15 is 0 Å². The Labute approximate surface area is 113 Å². The minimum absolute atomic E-state index is 0.103. The fraction of sp³-hybridized carbons (Fsp3) is 0.417. The highest BCUT2D eigenvalue weighted by Gasteiger charge is 2.22. The summed E-state index contributed by atoms with van der Waals surface area (Å²) in [7, 11) is 1.24. The summed E-state index contributed by atoms with van der Waals surface area (Å²) < 4.78 is 4.55. The highest BCUT2D eigenvalue weighted by molar-refractivity contribution is 9.09. The van der Waals surface area contributed by atoms with Crippen molar-refractivity contribution < 1.29 is 24.9 Å². The molecule has 0 fully saturated rings. The van der Waals surface area contributed by atoms with Crippen molar-refractivity contribution in [2.24, 2.45) is 0 Å². The van der Waals surface area contributed by atoms with Gasteiger partial charge in [0, 0.05) is 10.9 Å². The van der Waals surface area contributed by atoms with Gasteiger partial charge in [-0.3, -0.25) is 0 Å². The van der Waals surface area contributed by atoms with Gasteiger partial charge in [0.25, 0.3) is 0 Å². The van der Waals surface area contributed by atoms with Crippen LogP contribution in [0, 0.1) is 0 Å². The smallest absolute Gasteiger partial charge is 0.337 e. The number of carbonyl (C=O) groups is 1. The maximum Gasteiger partial charge on any atom is 0.337 e. The number of benzene rings is 1. The van der Waals surface area contributed by atoms with Gasteiger partial charge in [-0.15, -0.1) is 0 Å². The number of aliphatic hydroxyl groups is 2. The van der Waals surface area contributed by atoms with Crippen LogP contribution in [-0.4, -0.2) is 39.8 Å². The molecule has 0 aliphatic heterocycles. The van der Waals surface area contributed by atoms with Crippen molar-refractivity contribution >= 4 is 21.9 Å². The van der Waals surface area contributed by atoms with Crippen LogP contribution in [0.1, 0.15) is 28.4 Å². The zero-order valence-corrected chi connectivity index (χ0v) is 11.4. The van der Waals surface area contributed by atoms with E-state index in [1.165, 1.54) is 25.3 Å². The third-order valence-electron chi connectivity index (χ3n) is 2.54. The molecule has 0 heterocycles. The van der Waals surface area contributed by atoms with Crippen LogP contribution in [0.3, 0.4) is 0 Å². The molecule has 2 unspecified atom stereocenters. The number of aromatic hydroxyl groups is 1. The summed E-state index contributed by atoms with van der Waals surface area (Å²) >= 11 is 3.15. The van der Waals surface area contributed by atoms with Gasteiger partial charge in [0.15, 0.2) is 0 Å². The van der Waals surface area contributed by atoms with E-state index in [4.69, 9.17) is 0 Å². The topological polar surface area (TPSA) is 87.0 Å². The van der Waals surface area contributed by atoms with Crippen molar-refractivity contribution in [3.05, 3.63) is 29.3 Å². The predicted octanol–water partition coefficient (Wildman–Crippen LogP) is 1.36. The quantitative estimate of drug-likeness (QED) is 0.563. The monoisotopic (exact) mass is 318 g/mol. The second-order valence-corrected chi connectivity index (χ2v) is 4.55. The molecule has 6 heteroatoms. The van der Waals surface area contributed by atoms with E-state index in [0.717, 1.165) is 0 Å². The number of phenolic OH excluding ortho intramolecular Hbond substituents is 1. The van der Waals surface area contributed by atoms with Gasteiger partial charge in [0.2, 0.25) is 0 Å². The van der Waals surface area contributed by atoms with Gasteiger partial charge in [-0.1, -0.05) is 15.9 Å². The SMILES string of the molecule is COC(=O)c1ccc(O)c(C(O)C(O)CCBr)c1. The van der Waals surface area contributed by atoms with Crippen LogP contribution in [0.15, 0.2) is 18.2 Å². The third kappa shape index (κ3) is 3.44. The molecule has 0 saturated carbocycles. The number of methoxy groups -OCH3 is 1. The Bertz CT molecular complexity index is 421. The maximum atomic E-state index is 11.3. The van der Waals surface area contributed by atoms with Crippen LogP contribution in [-0.2, 0) is 4.74 Å². The summed E-state index contributed by atoms with van der Waals surface area (Å²) in [6, 6.07) is 3.98. The first kappa shape index (κ1) is 14.9. The molecule has 0 aliphatic rings. The molecular weight excluding hydrogens is 304 g/mol. The normalized spacial score (nSPS) is 14.0. The van der Waals surface area contributed by atoms with E-state index in [0.29, 0.717) is 11.8 Å². The Balaban J connectivity index is 3.03. The Morgan fingerprint density at radius 3 is 2.67 bits per heavy atom. The Morgan fingerprint density at radius 1 is 1.44 bits per heavy atom. The molecule has 0 saturated heterocycles. The Morgan fingerprint density at radius 2 is 2.11 bits per heavy atom. The summed E-state index contributed by atoms with van der Waals surface area (Å²) in [6.07, 6.45) is -1.96. The van der Waals surface area contributed by atoms with E-state index in [1.54, 1.807) is 0 Å². The molecule has 18 heavy (non-hydrogen) atoms. The number of hydrogen-bond acceptors (Lipinski definition) is 5. The van der Waals surface area contributed by atoms with Crippen molar-refractivity contribution in [1.82, 2.24) is 0 Å². The largest absolute Gasteiger partial charge is 0.508 e. The number of rotatable bonds is 5. The molecule has 1 rings (SSSR count). The lowest BCUT2D eigenvalue weighted by molar-refractivity contribution is 0.0159. The molecule has 1 aromatic rings. The van der Waals surface area contributed by atoms with Gasteiger partial charge < -0.3 is 20.1 Å². The van der Waals surface area contributed by atoms with Crippen molar-refractivity contribution in [2.45, 2.75) is 18.6 Å². The molecule has 0 amide bonds. The number of alkyl halides is 1. The van der Waals surface area contributed by atoms with Crippen LogP contribution in [0.5, 0.6) is 5.75 Å². The van der Waals surface area contributed by atoms with Crippen molar-refractivity contribution in [2.75, 3.05) is 12.4 Å². The zero-order valence-electron chi connectivity index (χ0n) is 9.84. The second kappa shape index (κ2) is 6.72. The number of esters is 1. The van der Waals surface area contributed by atoms with Crippen LogP contribution >= 0.6 is 15.9 Å². The van der Waals surface area contributed by atoms with E-state index in [9.17, 15) is 20.1 Å². The predicted molar refractivity (Wildman–Crippen MR) is 68.8 cm³/mol. The van der Waals surface area contributed by atoms with E-state index < -0.39 is 18.2 Å². The lowest BCUT2D eigenvalue weighted by atomic mass is 9.99. The van der Waals surface area contributed by atoms with Crippen molar-refractivity contribution in [1.29, 1.82) is 0 Å². The van der Waals surface area contributed by atoms with Crippen LogP contribution < -0.4 is 0 Å². The molecule has 0 radical (unpaired) electrons. The molecule has 1 aromatic carbocycles. The number of ether oxygens (including phenoxy) is 1. The van der Waals surface area contributed by atoms with Gasteiger partial charge in [-0.2, -0.15) is 0 Å². The standard InChI is InChI=1S/C12H15BrO5/c1-18-12(17)7-2-3-9(14)8(6-7)11(16)10(15)4-5-13/h2-3,6,10-11,14-16H,4-5H2,1H3. The first-order valence-corrected chi connectivity index (χ1v) is 6.46. The lowest BCUT2D eigenvalue weighted by Crippen LogP contribution is -2.19. The highest BCUT2D eigenvalue weighted by atomic mass is 79.9. The van der Waals surface area contributed by atoms with Gasteiger partial charge >= 0.3 is 5.97 Å². The van der Waals surface area contributed by atoms with Crippen LogP contribution in [0.2, 0.25) is 0 Å². The molecule has 2 atom stereocenters. The molecule has 100 valence electrons. The van der Waals surface area contributed by atoms with Gasteiger partial charge in [0.1, 0.15) is 11.9 Å². The van der Waals surface area contributed by atoms with E-state index in [1.807, 2.05) is 0 Å². The summed E-state index contributed by atoms with van der Waals surface area (Å²) in [5, 5.41) is 29.7. The first-order chi connectivity index (χ1) is 8.51. The molecule has 0 aliphatic carbocycles. The Kier molecular flexibility index (Phi) is 5.58. The Hall–Kier alpha value is -1.11. The third-order valence-corrected chi connectivity index (χ3v) is 2.99. The van der Waals surface area contributed by atoms with Crippen LogP contribution in [0.4, 0.5) is 0 Å². The maximum absolute atomic E-state index is 11.3. The number of carbonyl (C=O) groups excluding carboxylic acids is 1.